The van der Waals surface area contributed by atoms with Gasteiger partial charge in [0.15, 0.2) is 5.78 Å². The molecule has 0 aliphatic rings. The van der Waals surface area contributed by atoms with Crippen LogP contribution in [0.5, 0.6) is 0 Å². The predicted molar refractivity (Wildman–Crippen MR) is 101 cm³/mol. The maximum Gasteiger partial charge on any atom is 0.253 e. The monoisotopic (exact) mass is 369 g/mol. The Morgan fingerprint density at radius 2 is 1.48 bits per heavy atom. The van der Waals surface area contributed by atoms with E-state index in [0.717, 1.165) is 4.88 Å². The number of rotatable bonds is 5. The molecule has 0 aliphatic carbocycles. The first-order chi connectivity index (χ1) is 12.0. The molecule has 0 unspecified atom stereocenters. The van der Waals surface area contributed by atoms with Crippen LogP contribution in [-0.2, 0) is 6.54 Å². The summed E-state index contributed by atoms with van der Waals surface area (Å²) in [6.07, 6.45) is 0. The first-order valence-electron chi connectivity index (χ1n) is 7.74. The highest BCUT2D eigenvalue weighted by atomic mass is 35.5. The van der Waals surface area contributed by atoms with Gasteiger partial charge in [-0.1, -0.05) is 54.1 Å². The minimum Gasteiger partial charge on any atom is -0.337 e. The van der Waals surface area contributed by atoms with Gasteiger partial charge in [-0.2, -0.15) is 0 Å². The molecule has 3 aromatic rings. The fourth-order valence-electron chi connectivity index (χ4n) is 2.48. The van der Waals surface area contributed by atoms with Gasteiger partial charge in [0, 0.05) is 28.6 Å². The molecule has 3 nitrogen and oxygen atoms in total. The van der Waals surface area contributed by atoms with E-state index in [1.807, 2.05) is 30.3 Å². The van der Waals surface area contributed by atoms with Gasteiger partial charge in [-0.15, -0.1) is 11.3 Å². The van der Waals surface area contributed by atoms with E-state index in [4.69, 9.17) is 11.6 Å². The van der Waals surface area contributed by atoms with E-state index < -0.39 is 0 Å². The second-order valence-corrected chi connectivity index (χ2v) is 7.44. The Kier molecular flexibility index (Phi) is 5.31. The van der Waals surface area contributed by atoms with Crippen LogP contribution in [0.25, 0.3) is 0 Å². The van der Waals surface area contributed by atoms with Gasteiger partial charge in [-0.3, -0.25) is 9.59 Å². The van der Waals surface area contributed by atoms with E-state index in [0.29, 0.717) is 27.6 Å². The molecule has 0 N–H and O–H groups in total. The molecule has 0 saturated heterocycles. The van der Waals surface area contributed by atoms with E-state index in [1.165, 1.54) is 11.3 Å². The average molecular weight is 370 g/mol. The van der Waals surface area contributed by atoms with Crippen molar-refractivity contribution in [3.63, 3.8) is 0 Å². The van der Waals surface area contributed by atoms with Crippen LogP contribution in [0.1, 0.15) is 31.2 Å². The molecule has 25 heavy (non-hydrogen) atoms. The number of carbonyl (C=O) groups is 2. The van der Waals surface area contributed by atoms with Gasteiger partial charge < -0.3 is 4.90 Å². The molecule has 1 amide bonds. The van der Waals surface area contributed by atoms with E-state index >= 15 is 0 Å². The Labute approximate surface area is 155 Å². The standard InChI is InChI=1S/C20H16ClNO2S/c1-22(13-17-11-12-18(21)25-17)20(24)16-9-7-15(8-10-16)19(23)14-5-3-2-4-6-14/h2-12H,13H2,1H3. The van der Waals surface area contributed by atoms with Gasteiger partial charge in [-0.05, 0) is 24.3 Å². The number of amides is 1. The van der Waals surface area contributed by atoms with Crippen LogP contribution in [-0.4, -0.2) is 23.6 Å². The van der Waals surface area contributed by atoms with Crippen LogP contribution in [0.4, 0.5) is 0 Å². The summed E-state index contributed by atoms with van der Waals surface area (Å²) in [6.45, 7) is 0.501. The largest absolute Gasteiger partial charge is 0.337 e. The lowest BCUT2D eigenvalue weighted by molar-refractivity contribution is 0.0786. The summed E-state index contributed by atoms with van der Waals surface area (Å²) in [5, 5.41) is 0. The molecule has 0 atom stereocenters. The molecule has 0 fully saturated rings. The number of hydrogen-bond acceptors (Lipinski definition) is 3. The normalized spacial score (nSPS) is 10.5. The van der Waals surface area contributed by atoms with Crippen molar-refractivity contribution in [1.29, 1.82) is 0 Å². The predicted octanol–water partition coefficient (Wildman–Crippen LogP) is 4.90. The molecule has 0 saturated carbocycles. The molecular formula is C20H16ClNO2S. The zero-order valence-electron chi connectivity index (χ0n) is 13.6. The van der Waals surface area contributed by atoms with Crippen molar-refractivity contribution in [2.75, 3.05) is 7.05 Å². The number of carbonyl (C=O) groups excluding carboxylic acids is 2. The van der Waals surface area contributed by atoms with Crippen molar-refractivity contribution < 1.29 is 9.59 Å². The lowest BCUT2D eigenvalue weighted by Crippen LogP contribution is -2.25. The van der Waals surface area contributed by atoms with Crippen LogP contribution < -0.4 is 0 Å². The molecule has 0 radical (unpaired) electrons. The number of hydrogen-bond donors (Lipinski definition) is 0. The number of halogens is 1. The summed E-state index contributed by atoms with van der Waals surface area (Å²) in [6, 6.07) is 19.6. The third-order valence-corrected chi connectivity index (χ3v) is 5.01. The number of thiophene rings is 1. The summed E-state index contributed by atoms with van der Waals surface area (Å²) in [5.74, 6) is -0.149. The van der Waals surface area contributed by atoms with Crippen LogP contribution in [0.3, 0.4) is 0 Å². The smallest absolute Gasteiger partial charge is 0.253 e. The molecule has 2 aromatic carbocycles. The second-order valence-electron chi connectivity index (χ2n) is 5.64. The van der Waals surface area contributed by atoms with Gasteiger partial charge in [0.25, 0.3) is 5.91 Å². The highest BCUT2D eigenvalue weighted by Gasteiger charge is 2.14. The van der Waals surface area contributed by atoms with Crippen LogP contribution >= 0.6 is 22.9 Å². The number of ketones is 1. The Morgan fingerprint density at radius 3 is 2.08 bits per heavy atom. The highest BCUT2D eigenvalue weighted by Crippen LogP contribution is 2.23. The van der Waals surface area contributed by atoms with Crippen molar-refractivity contribution in [2.45, 2.75) is 6.54 Å². The van der Waals surface area contributed by atoms with Crippen molar-refractivity contribution in [1.82, 2.24) is 4.90 Å². The van der Waals surface area contributed by atoms with Crippen molar-refractivity contribution in [3.05, 3.63) is 92.6 Å². The van der Waals surface area contributed by atoms with Gasteiger partial charge in [0.05, 0.1) is 10.9 Å². The number of benzene rings is 2. The second kappa shape index (κ2) is 7.64. The van der Waals surface area contributed by atoms with Gasteiger partial charge >= 0.3 is 0 Å². The summed E-state index contributed by atoms with van der Waals surface area (Å²) in [4.78, 5) is 27.6. The molecular weight excluding hydrogens is 354 g/mol. The fourth-order valence-corrected chi connectivity index (χ4v) is 3.62. The van der Waals surface area contributed by atoms with E-state index in [-0.39, 0.29) is 11.7 Å². The lowest BCUT2D eigenvalue weighted by Gasteiger charge is -2.16. The van der Waals surface area contributed by atoms with Crippen molar-refractivity contribution in [2.24, 2.45) is 0 Å². The third kappa shape index (κ3) is 4.16. The molecule has 1 aromatic heterocycles. The fraction of sp³-hybridized carbons (Fsp3) is 0.100. The van der Waals surface area contributed by atoms with Gasteiger partial charge in [-0.25, -0.2) is 0 Å². The molecule has 0 bridgehead atoms. The summed E-state index contributed by atoms with van der Waals surface area (Å²) >= 11 is 7.38. The maximum absolute atomic E-state index is 12.5. The highest BCUT2D eigenvalue weighted by molar-refractivity contribution is 7.16. The first kappa shape index (κ1) is 17.4. The maximum atomic E-state index is 12.5. The van der Waals surface area contributed by atoms with Crippen LogP contribution in [0, 0.1) is 0 Å². The third-order valence-electron chi connectivity index (χ3n) is 3.80. The van der Waals surface area contributed by atoms with Crippen LogP contribution in [0.15, 0.2) is 66.7 Å². The Balaban J connectivity index is 1.71. The zero-order chi connectivity index (χ0) is 17.8. The molecule has 0 spiro atoms. The first-order valence-corrected chi connectivity index (χ1v) is 8.93. The summed E-state index contributed by atoms with van der Waals surface area (Å²) < 4.78 is 0.708. The van der Waals surface area contributed by atoms with E-state index in [1.54, 1.807) is 48.3 Å². The molecule has 0 aliphatic heterocycles. The molecule has 5 heteroatoms. The molecule has 1 heterocycles. The molecule has 3 rings (SSSR count). The van der Waals surface area contributed by atoms with Crippen LogP contribution in [0.2, 0.25) is 4.34 Å². The Morgan fingerprint density at radius 1 is 0.880 bits per heavy atom. The Hall–Kier alpha value is -2.43. The van der Waals surface area contributed by atoms with Crippen molar-refractivity contribution >= 4 is 34.6 Å². The topological polar surface area (TPSA) is 37.4 Å². The van der Waals surface area contributed by atoms with Gasteiger partial charge in [0.1, 0.15) is 0 Å². The van der Waals surface area contributed by atoms with E-state index in [9.17, 15) is 9.59 Å². The van der Waals surface area contributed by atoms with Crippen molar-refractivity contribution in [3.8, 4) is 0 Å². The minimum atomic E-state index is -0.0942. The Bertz CT molecular complexity index is 888. The SMILES string of the molecule is CN(Cc1ccc(Cl)s1)C(=O)c1ccc(C(=O)c2ccccc2)cc1. The quantitative estimate of drug-likeness (QED) is 0.599. The van der Waals surface area contributed by atoms with E-state index in [2.05, 4.69) is 0 Å². The summed E-state index contributed by atoms with van der Waals surface area (Å²) in [7, 11) is 1.75. The van der Waals surface area contributed by atoms with Gasteiger partial charge in [0.2, 0.25) is 0 Å². The molecule has 126 valence electrons. The zero-order valence-corrected chi connectivity index (χ0v) is 15.2. The minimum absolute atomic E-state index is 0.0545. The average Bonchev–Trinajstić information content (AvgIpc) is 3.06. The summed E-state index contributed by atoms with van der Waals surface area (Å²) in [5.41, 5.74) is 1.75. The number of nitrogens with zero attached hydrogens (tertiary/aromatic N) is 1. The lowest BCUT2D eigenvalue weighted by atomic mass is 10.0.